The summed E-state index contributed by atoms with van der Waals surface area (Å²) in [4.78, 5) is 0. The number of hydrogen-bond donors (Lipinski definition) is 0. The molecule has 1 saturated heterocycles. The van der Waals surface area contributed by atoms with Crippen molar-refractivity contribution in [2.75, 3.05) is 20.3 Å². The number of methoxy groups -OCH3 is 1. The first-order valence-electron chi connectivity index (χ1n) is 5.64. The Morgan fingerprint density at radius 1 is 1.53 bits per heavy atom. The van der Waals surface area contributed by atoms with Gasteiger partial charge in [0.2, 0.25) is 0 Å². The minimum Gasteiger partial charge on any atom is -0.619 e. The van der Waals surface area contributed by atoms with E-state index in [1.54, 1.807) is 12.1 Å². The van der Waals surface area contributed by atoms with Gasteiger partial charge in [-0.3, -0.25) is 0 Å². The van der Waals surface area contributed by atoms with Crippen LogP contribution in [-0.2, 0) is 9.47 Å². The Hall–Kier alpha value is -1.20. The summed E-state index contributed by atoms with van der Waals surface area (Å²) in [6.45, 7) is 0.779. The third kappa shape index (κ3) is 2.56. The molecule has 1 aromatic heterocycles. The Bertz CT molecular complexity index is 380. The van der Waals surface area contributed by atoms with Crippen LogP contribution in [0.5, 0.6) is 0 Å². The number of rotatable bonds is 3. The molecule has 0 radical (unpaired) electrons. The number of hydrogen-bond acceptors (Lipinski definition) is 3. The minimum absolute atomic E-state index is 0.291. The molecule has 0 bridgehead atoms. The third-order valence-electron chi connectivity index (χ3n) is 3.13. The molecule has 94 valence electrons. The van der Waals surface area contributed by atoms with E-state index in [4.69, 9.17) is 9.47 Å². The average Bonchev–Trinajstić information content (AvgIpc) is 2.30. The number of pyridine rings is 1. The van der Waals surface area contributed by atoms with Crippen molar-refractivity contribution in [2.45, 2.75) is 24.6 Å². The molecule has 1 atom stereocenters. The van der Waals surface area contributed by atoms with E-state index in [9.17, 15) is 9.60 Å². The van der Waals surface area contributed by atoms with Gasteiger partial charge in [0.05, 0.1) is 0 Å². The maximum Gasteiger partial charge on any atom is 0.186 e. The van der Waals surface area contributed by atoms with Gasteiger partial charge < -0.3 is 14.7 Å². The molecule has 0 amide bonds. The second-order valence-electron chi connectivity index (χ2n) is 4.26. The molecule has 1 unspecified atom stereocenters. The molecule has 0 spiro atoms. The zero-order valence-corrected chi connectivity index (χ0v) is 9.77. The Balaban J connectivity index is 2.26. The molecule has 5 heteroatoms. The van der Waals surface area contributed by atoms with E-state index in [-0.39, 0.29) is 0 Å². The molecule has 0 N–H and O–H groups in total. The Morgan fingerprint density at radius 2 is 2.24 bits per heavy atom. The molecule has 2 rings (SSSR count). The van der Waals surface area contributed by atoms with Gasteiger partial charge in [-0.05, 0) is 6.07 Å². The van der Waals surface area contributed by atoms with Gasteiger partial charge in [0.25, 0.3) is 0 Å². The molecule has 1 aliphatic rings. The Kier molecular flexibility index (Phi) is 3.59. The zero-order chi connectivity index (χ0) is 12.3. The van der Waals surface area contributed by atoms with E-state index in [0.29, 0.717) is 36.3 Å². The highest BCUT2D eigenvalue weighted by Crippen LogP contribution is 2.39. The van der Waals surface area contributed by atoms with Crippen molar-refractivity contribution in [3.63, 3.8) is 0 Å². The Morgan fingerprint density at radius 3 is 2.82 bits per heavy atom. The van der Waals surface area contributed by atoms with Crippen LogP contribution in [0, 0.1) is 5.21 Å². The lowest BCUT2D eigenvalue weighted by Gasteiger charge is -2.35. The second-order valence-corrected chi connectivity index (χ2v) is 4.26. The molecule has 2 heterocycles. The monoisotopic (exact) mass is 241 g/mol. The summed E-state index contributed by atoms with van der Waals surface area (Å²) in [5.74, 6) is 0. The molecular formula is C12H16FNO3. The summed E-state index contributed by atoms with van der Waals surface area (Å²) in [6, 6.07) is 3.30. The summed E-state index contributed by atoms with van der Waals surface area (Å²) in [7, 11) is 1.46. The van der Waals surface area contributed by atoms with E-state index in [1.165, 1.54) is 19.5 Å². The van der Waals surface area contributed by atoms with E-state index in [1.807, 2.05) is 0 Å². The molecule has 17 heavy (non-hydrogen) atoms. The maximum atomic E-state index is 14.7. The number of aromatic nitrogens is 1. The maximum absolute atomic E-state index is 14.7. The number of alkyl halides is 1. The van der Waals surface area contributed by atoms with Gasteiger partial charge in [0.15, 0.2) is 12.4 Å². The van der Waals surface area contributed by atoms with E-state index >= 15 is 0 Å². The molecule has 1 aromatic rings. The summed E-state index contributed by atoms with van der Waals surface area (Å²) in [5.41, 5.74) is -0.893. The number of ether oxygens (including phenoxy) is 2. The van der Waals surface area contributed by atoms with Gasteiger partial charge in [-0.2, -0.15) is 4.73 Å². The van der Waals surface area contributed by atoms with Gasteiger partial charge >= 0.3 is 0 Å². The molecule has 1 aliphatic heterocycles. The first-order valence-corrected chi connectivity index (χ1v) is 5.64. The molecule has 0 aliphatic carbocycles. The normalized spacial score (nSPS) is 21.1. The predicted octanol–water partition coefficient (Wildman–Crippen LogP) is 1.53. The fourth-order valence-corrected chi connectivity index (χ4v) is 2.25. The average molecular weight is 241 g/mol. The van der Waals surface area contributed by atoms with E-state index in [2.05, 4.69) is 0 Å². The SMILES string of the molecule is COC(c1ccc[n+]([O-])c1)C1(F)CCOCC1. The van der Waals surface area contributed by atoms with Gasteiger partial charge in [-0.25, -0.2) is 4.39 Å². The van der Waals surface area contributed by atoms with Crippen LogP contribution in [0.1, 0.15) is 24.5 Å². The molecule has 0 saturated carbocycles. The number of halogens is 1. The van der Waals surface area contributed by atoms with Gasteiger partial charge in [0, 0.05) is 44.8 Å². The second kappa shape index (κ2) is 4.98. The van der Waals surface area contributed by atoms with Crippen molar-refractivity contribution in [3.8, 4) is 0 Å². The van der Waals surface area contributed by atoms with Crippen molar-refractivity contribution < 1.29 is 18.6 Å². The highest BCUT2D eigenvalue weighted by atomic mass is 19.1. The molecule has 0 aromatic carbocycles. The highest BCUT2D eigenvalue weighted by Gasteiger charge is 2.42. The Labute approximate surface area is 99.6 Å². The van der Waals surface area contributed by atoms with Crippen LogP contribution in [0.3, 0.4) is 0 Å². The summed E-state index contributed by atoms with van der Waals surface area (Å²) in [5, 5.41) is 11.2. The zero-order valence-electron chi connectivity index (χ0n) is 9.77. The predicted molar refractivity (Wildman–Crippen MR) is 59.0 cm³/mol. The van der Waals surface area contributed by atoms with Crippen LogP contribution in [0.25, 0.3) is 0 Å². The largest absolute Gasteiger partial charge is 0.619 e. The lowest BCUT2D eigenvalue weighted by atomic mass is 9.86. The van der Waals surface area contributed by atoms with Crippen molar-refractivity contribution in [3.05, 3.63) is 35.3 Å². The topological polar surface area (TPSA) is 45.4 Å². The first-order chi connectivity index (χ1) is 8.15. The lowest BCUT2D eigenvalue weighted by molar-refractivity contribution is -0.606. The van der Waals surface area contributed by atoms with Crippen LogP contribution < -0.4 is 4.73 Å². The van der Waals surface area contributed by atoms with Gasteiger partial charge in [-0.1, -0.05) is 0 Å². The van der Waals surface area contributed by atoms with Crippen molar-refractivity contribution in [1.82, 2.24) is 0 Å². The third-order valence-corrected chi connectivity index (χ3v) is 3.13. The lowest BCUT2D eigenvalue weighted by Crippen LogP contribution is -2.39. The van der Waals surface area contributed by atoms with Crippen molar-refractivity contribution >= 4 is 0 Å². The summed E-state index contributed by atoms with van der Waals surface area (Å²) in [6.07, 6.45) is 2.59. The number of nitrogens with zero attached hydrogens (tertiary/aromatic N) is 1. The quantitative estimate of drug-likeness (QED) is 0.595. The van der Waals surface area contributed by atoms with Crippen LogP contribution in [0.2, 0.25) is 0 Å². The van der Waals surface area contributed by atoms with Crippen molar-refractivity contribution in [2.24, 2.45) is 0 Å². The first kappa shape index (κ1) is 12.3. The fraction of sp³-hybridized carbons (Fsp3) is 0.583. The van der Waals surface area contributed by atoms with Crippen molar-refractivity contribution in [1.29, 1.82) is 0 Å². The standard InChI is InChI=1S/C12H16FNO3/c1-16-11(10-3-2-6-14(15)9-10)12(13)4-7-17-8-5-12/h2-3,6,9,11H,4-5,7-8H2,1H3. The smallest absolute Gasteiger partial charge is 0.186 e. The summed E-state index contributed by atoms with van der Waals surface area (Å²) >= 11 is 0. The fourth-order valence-electron chi connectivity index (χ4n) is 2.25. The van der Waals surface area contributed by atoms with Crippen LogP contribution >= 0.6 is 0 Å². The molecule has 1 fully saturated rings. The minimum atomic E-state index is -1.46. The highest BCUT2D eigenvalue weighted by molar-refractivity contribution is 5.15. The van der Waals surface area contributed by atoms with Gasteiger partial charge in [0.1, 0.15) is 11.8 Å². The van der Waals surface area contributed by atoms with Crippen LogP contribution in [0.4, 0.5) is 4.39 Å². The van der Waals surface area contributed by atoms with Crippen LogP contribution in [0.15, 0.2) is 24.5 Å². The molecular weight excluding hydrogens is 225 g/mol. The van der Waals surface area contributed by atoms with Gasteiger partial charge in [-0.15, -0.1) is 0 Å². The van der Waals surface area contributed by atoms with Crippen LogP contribution in [-0.4, -0.2) is 26.0 Å². The van der Waals surface area contributed by atoms with E-state index < -0.39 is 11.8 Å². The summed E-state index contributed by atoms with van der Waals surface area (Å²) < 4.78 is 25.8. The van der Waals surface area contributed by atoms with E-state index in [0.717, 1.165) is 0 Å². The molecule has 4 nitrogen and oxygen atoms in total.